The summed E-state index contributed by atoms with van der Waals surface area (Å²) >= 11 is 0. The molecule has 0 aliphatic carbocycles. The van der Waals surface area contributed by atoms with Crippen LogP contribution in [0.2, 0.25) is 0 Å². The van der Waals surface area contributed by atoms with Crippen LogP contribution in [0.3, 0.4) is 0 Å². The Kier molecular flexibility index (Phi) is 2.54. The van der Waals surface area contributed by atoms with Crippen molar-refractivity contribution >= 4 is 16.7 Å². The molecule has 23 heavy (non-hydrogen) atoms. The third-order valence-corrected chi connectivity index (χ3v) is 6.82. The Morgan fingerprint density at radius 3 is 2.57 bits per heavy atom. The van der Waals surface area contributed by atoms with E-state index in [1.807, 2.05) is 0 Å². The number of aromatic nitrogens is 1. The van der Waals surface area contributed by atoms with Crippen molar-refractivity contribution in [3.8, 4) is 0 Å². The van der Waals surface area contributed by atoms with Gasteiger partial charge in [0.1, 0.15) is 37.0 Å². The zero-order valence-electron chi connectivity index (χ0n) is 13.9. The van der Waals surface area contributed by atoms with Gasteiger partial charge in [-0.05, 0) is 19.4 Å². The number of hydrogen-bond acceptors (Lipinski definition) is 1. The summed E-state index contributed by atoms with van der Waals surface area (Å²) in [5.41, 5.74) is 2.48. The van der Waals surface area contributed by atoms with Crippen molar-refractivity contribution in [2.45, 2.75) is 26.4 Å². The van der Waals surface area contributed by atoms with Crippen LogP contribution >= 0.6 is 0 Å². The predicted molar refractivity (Wildman–Crippen MR) is 88.3 cm³/mol. The van der Waals surface area contributed by atoms with Crippen molar-refractivity contribution in [3.05, 3.63) is 36.0 Å². The molecule has 4 aliphatic rings. The number of piperidine rings is 2. The second-order valence-electron chi connectivity index (χ2n) is 8.27. The molecule has 4 nitrogen and oxygen atoms in total. The van der Waals surface area contributed by atoms with Crippen molar-refractivity contribution in [3.63, 3.8) is 0 Å². The normalized spacial score (nSPS) is 41.8. The first-order valence-corrected chi connectivity index (χ1v) is 8.86. The van der Waals surface area contributed by atoms with Gasteiger partial charge in [0.15, 0.2) is 5.78 Å². The van der Waals surface area contributed by atoms with Crippen LogP contribution in [0, 0.1) is 10.8 Å². The van der Waals surface area contributed by atoms with Crippen molar-refractivity contribution in [2.75, 3.05) is 26.2 Å². The van der Waals surface area contributed by atoms with E-state index < -0.39 is 0 Å². The number of fused-ring (bicyclic) bond motifs is 1. The second kappa shape index (κ2) is 4.25. The number of rotatable bonds is 2. The Bertz CT molecular complexity index is 792. The maximum atomic E-state index is 13.0. The number of benzene rings is 1. The number of Topliss-reactive ketones (excluding diaryl/α,β-unsaturated/α-hetero) is 1. The lowest BCUT2D eigenvalue weighted by molar-refractivity contribution is -1.18. The molecule has 4 fully saturated rings. The van der Waals surface area contributed by atoms with Crippen molar-refractivity contribution < 1.29 is 14.6 Å². The topological polar surface area (TPSA) is 41.7 Å². The summed E-state index contributed by atoms with van der Waals surface area (Å²) in [5.74, 6) is 0.553. The van der Waals surface area contributed by atoms with E-state index in [2.05, 4.69) is 49.3 Å². The van der Waals surface area contributed by atoms with E-state index >= 15 is 0 Å². The molecule has 0 spiro atoms. The molecule has 4 heteroatoms. The first-order chi connectivity index (χ1) is 11.1. The monoisotopic (exact) mass is 311 g/mol. The highest BCUT2D eigenvalue weighted by molar-refractivity contribution is 5.91. The summed E-state index contributed by atoms with van der Waals surface area (Å²) < 4.78 is 0. The molecule has 4 saturated heterocycles. The van der Waals surface area contributed by atoms with Gasteiger partial charge in [-0.2, -0.15) is 0 Å². The highest BCUT2D eigenvalue weighted by Gasteiger charge is 2.69. The zero-order valence-corrected chi connectivity index (χ0v) is 13.9. The van der Waals surface area contributed by atoms with Gasteiger partial charge in [0, 0.05) is 17.1 Å². The molecular formula is C19H25N3O+2. The number of carbonyl (C=O) groups is 1. The molecule has 0 radical (unpaired) electrons. The van der Waals surface area contributed by atoms with Crippen molar-refractivity contribution in [2.24, 2.45) is 10.8 Å². The fourth-order valence-electron chi connectivity index (χ4n) is 5.96. The molecule has 2 unspecified atom stereocenters. The number of ketones is 1. The molecule has 120 valence electrons. The van der Waals surface area contributed by atoms with E-state index in [-0.39, 0.29) is 10.8 Å². The van der Waals surface area contributed by atoms with Gasteiger partial charge in [-0.25, -0.2) is 0 Å². The quantitative estimate of drug-likeness (QED) is 0.715. The summed E-state index contributed by atoms with van der Waals surface area (Å²) in [7, 11) is 0. The average molecular weight is 311 g/mol. The van der Waals surface area contributed by atoms with Gasteiger partial charge in [-0.3, -0.25) is 14.6 Å². The van der Waals surface area contributed by atoms with Crippen molar-refractivity contribution in [1.82, 2.24) is 4.98 Å². The lowest BCUT2D eigenvalue weighted by Gasteiger charge is -2.59. The highest BCUT2D eigenvalue weighted by atomic mass is 16.1. The van der Waals surface area contributed by atoms with E-state index in [1.165, 1.54) is 16.5 Å². The largest absolute Gasteiger partial charge is 0.360 e. The number of aromatic amines is 1. The number of H-pyrrole nitrogens is 1. The number of nitrogens with one attached hydrogen (secondary N) is 3. The average Bonchev–Trinajstić information content (AvgIpc) is 2.95. The van der Waals surface area contributed by atoms with Crippen LogP contribution < -0.4 is 9.80 Å². The lowest BCUT2D eigenvalue weighted by atomic mass is 9.60. The second-order valence-corrected chi connectivity index (χ2v) is 8.27. The number of carbonyl (C=O) groups excluding carboxylic acids is 1. The van der Waals surface area contributed by atoms with Gasteiger partial charge >= 0.3 is 0 Å². The Hall–Kier alpha value is -1.65. The summed E-state index contributed by atoms with van der Waals surface area (Å²) in [5, 5.41) is 1.35. The molecule has 2 atom stereocenters. The van der Waals surface area contributed by atoms with E-state index in [0.717, 1.165) is 32.6 Å². The first-order valence-electron chi connectivity index (χ1n) is 8.86. The van der Waals surface area contributed by atoms with Gasteiger partial charge < -0.3 is 4.98 Å². The van der Waals surface area contributed by atoms with E-state index in [0.29, 0.717) is 11.9 Å². The third kappa shape index (κ3) is 1.60. The molecule has 4 bridgehead atoms. The molecule has 0 saturated carbocycles. The number of quaternary nitrogens is 2. The van der Waals surface area contributed by atoms with Gasteiger partial charge in [-0.1, -0.05) is 25.1 Å². The number of para-hydroxylation sites is 1. The van der Waals surface area contributed by atoms with Crippen LogP contribution in [0.1, 0.15) is 32.0 Å². The molecule has 1 aromatic heterocycles. The maximum absolute atomic E-state index is 13.0. The van der Waals surface area contributed by atoms with Crippen LogP contribution in [0.5, 0.6) is 0 Å². The third-order valence-electron chi connectivity index (χ3n) is 6.82. The molecular weight excluding hydrogens is 286 g/mol. The minimum atomic E-state index is -0.111. The minimum absolute atomic E-state index is 0.0709. The summed E-state index contributed by atoms with van der Waals surface area (Å²) in [6.45, 7) is 8.46. The van der Waals surface area contributed by atoms with E-state index in [9.17, 15) is 4.79 Å². The fourth-order valence-corrected chi connectivity index (χ4v) is 5.96. The first kappa shape index (κ1) is 13.8. The number of hydrogen-bond donors (Lipinski definition) is 3. The molecule has 4 aliphatic heterocycles. The van der Waals surface area contributed by atoms with Crippen LogP contribution in [0.4, 0.5) is 0 Å². The fraction of sp³-hybridized carbons (Fsp3) is 0.526. The van der Waals surface area contributed by atoms with Gasteiger partial charge in [0.05, 0.1) is 5.56 Å². The Morgan fingerprint density at radius 2 is 1.87 bits per heavy atom. The summed E-state index contributed by atoms with van der Waals surface area (Å²) in [6, 6.07) is 8.60. The maximum Gasteiger partial charge on any atom is 0.242 e. The van der Waals surface area contributed by atoms with Crippen LogP contribution in [-0.2, 0) is 4.79 Å². The standard InChI is InChI=1S/C19H23N3O/c1-3-19-11-21-9-18(2,17(19)23)10-22(12-19)16(21)14-8-20-15-7-5-4-6-13(14)15/h4-8,16,20H,3,9-12H2,1-2H3/p+2. The Morgan fingerprint density at radius 1 is 1.17 bits per heavy atom. The van der Waals surface area contributed by atoms with Crippen molar-refractivity contribution in [1.29, 1.82) is 0 Å². The molecule has 3 N–H and O–H groups in total. The Balaban J connectivity index is 1.62. The molecule has 2 aromatic rings. The zero-order chi connectivity index (χ0) is 15.8. The molecule has 5 heterocycles. The molecule has 0 amide bonds. The molecule has 6 rings (SSSR count). The van der Waals surface area contributed by atoms with Gasteiger partial charge in [-0.15, -0.1) is 0 Å². The molecule has 1 aromatic carbocycles. The smallest absolute Gasteiger partial charge is 0.242 e. The summed E-state index contributed by atoms with van der Waals surface area (Å²) in [6.07, 6.45) is 3.68. The van der Waals surface area contributed by atoms with Crippen LogP contribution in [0.25, 0.3) is 10.9 Å². The lowest BCUT2D eigenvalue weighted by Crippen LogP contribution is -3.41. The minimum Gasteiger partial charge on any atom is -0.360 e. The predicted octanol–water partition coefficient (Wildman–Crippen LogP) is -0.0511. The SMILES string of the molecule is CCC12C[NH+]3CC(C)(C[NH+](C1)C3c1c[nH]c3ccccc13)C2=O. The van der Waals surface area contributed by atoms with E-state index in [1.54, 1.807) is 9.80 Å². The van der Waals surface area contributed by atoms with E-state index in [4.69, 9.17) is 0 Å². The van der Waals surface area contributed by atoms with Crippen LogP contribution in [-0.4, -0.2) is 36.9 Å². The highest BCUT2D eigenvalue weighted by Crippen LogP contribution is 2.39. The van der Waals surface area contributed by atoms with Gasteiger partial charge in [0.2, 0.25) is 6.17 Å². The van der Waals surface area contributed by atoms with Crippen LogP contribution in [0.15, 0.2) is 30.5 Å². The van der Waals surface area contributed by atoms with Gasteiger partial charge in [0.25, 0.3) is 0 Å². The summed E-state index contributed by atoms with van der Waals surface area (Å²) in [4.78, 5) is 19.7. The Labute approximate surface area is 136 Å².